The summed E-state index contributed by atoms with van der Waals surface area (Å²) in [5, 5.41) is 10.6. The van der Waals surface area contributed by atoms with E-state index in [2.05, 4.69) is 19.8 Å². The van der Waals surface area contributed by atoms with E-state index in [0.717, 1.165) is 50.4 Å². The van der Waals surface area contributed by atoms with Crippen LogP contribution in [0.4, 0.5) is 5.82 Å². The fourth-order valence-electron chi connectivity index (χ4n) is 6.42. The van der Waals surface area contributed by atoms with E-state index >= 15 is 0 Å². The number of aromatic nitrogens is 3. The van der Waals surface area contributed by atoms with Crippen LogP contribution < -0.4 is 9.64 Å². The summed E-state index contributed by atoms with van der Waals surface area (Å²) in [6.45, 7) is 7.84. The van der Waals surface area contributed by atoms with E-state index in [0.29, 0.717) is 44.8 Å². The van der Waals surface area contributed by atoms with Crippen LogP contribution >= 0.6 is 23.2 Å². The molecule has 1 N–H and O–H groups in total. The van der Waals surface area contributed by atoms with Crippen LogP contribution in [-0.4, -0.2) is 63.1 Å². The zero-order valence-electron chi connectivity index (χ0n) is 22.2. The van der Waals surface area contributed by atoms with Gasteiger partial charge in [0.05, 0.1) is 5.41 Å². The highest BCUT2D eigenvalue weighted by Crippen LogP contribution is 2.45. The van der Waals surface area contributed by atoms with Gasteiger partial charge in [0.15, 0.2) is 11.4 Å². The number of halogens is 2. The van der Waals surface area contributed by atoms with E-state index in [-0.39, 0.29) is 6.10 Å². The third kappa shape index (κ3) is 5.14. The molecule has 3 aromatic rings. The molecule has 2 aromatic heterocycles. The molecule has 0 radical (unpaired) electrons. The van der Waals surface area contributed by atoms with Crippen molar-refractivity contribution in [2.45, 2.75) is 51.7 Å². The van der Waals surface area contributed by atoms with Crippen molar-refractivity contribution in [3.05, 3.63) is 52.3 Å². The number of hydrogen-bond donors (Lipinski definition) is 1. The summed E-state index contributed by atoms with van der Waals surface area (Å²) in [6, 6.07) is 7.77. The largest absolute Gasteiger partial charge is 0.483 e. The number of pyridine rings is 1. The van der Waals surface area contributed by atoms with Crippen LogP contribution in [0, 0.1) is 17.3 Å². The third-order valence-electron chi connectivity index (χ3n) is 8.89. The van der Waals surface area contributed by atoms with Gasteiger partial charge in [-0.2, -0.15) is 0 Å². The van der Waals surface area contributed by atoms with E-state index in [1.807, 2.05) is 26.0 Å². The van der Waals surface area contributed by atoms with Gasteiger partial charge in [0.1, 0.15) is 17.4 Å². The van der Waals surface area contributed by atoms with E-state index in [9.17, 15) is 9.90 Å². The number of fused-ring (bicyclic) bond motifs is 1. The smallest absolute Gasteiger partial charge is 0.309 e. The van der Waals surface area contributed by atoms with Gasteiger partial charge in [-0.25, -0.2) is 15.0 Å². The molecule has 2 saturated heterocycles. The molecule has 0 spiro atoms. The number of carbonyl (C=O) groups is 1. The molecule has 1 saturated carbocycles. The number of ether oxygens (including phenoxy) is 1. The Morgan fingerprint density at radius 2 is 1.90 bits per heavy atom. The van der Waals surface area contributed by atoms with Crippen molar-refractivity contribution in [3.63, 3.8) is 0 Å². The Morgan fingerprint density at radius 1 is 1.13 bits per heavy atom. The van der Waals surface area contributed by atoms with Crippen LogP contribution in [-0.2, 0) is 4.79 Å². The van der Waals surface area contributed by atoms with Crippen LogP contribution in [0.25, 0.3) is 11.2 Å². The quantitative estimate of drug-likeness (QED) is 0.377. The summed E-state index contributed by atoms with van der Waals surface area (Å²) in [5.41, 5.74) is 1.47. The lowest BCUT2D eigenvalue weighted by Crippen LogP contribution is -2.58. The fraction of sp³-hybridized carbons (Fsp3) is 0.517. The number of piperidine rings is 1. The molecule has 1 aliphatic carbocycles. The van der Waals surface area contributed by atoms with Crippen LogP contribution in [0.2, 0.25) is 10.0 Å². The van der Waals surface area contributed by atoms with Gasteiger partial charge < -0.3 is 19.6 Å². The number of nitrogens with zero attached hydrogens (tertiary/aromatic N) is 5. The molecule has 206 valence electrons. The first-order valence-corrected chi connectivity index (χ1v) is 14.4. The predicted octanol–water partition coefficient (Wildman–Crippen LogP) is 5.87. The predicted molar refractivity (Wildman–Crippen MR) is 152 cm³/mol. The summed E-state index contributed by atoms with van der Waals surface area (Å²) in [7, 11) is 0. The minimum Gasteiger partial charge on any atom is -0.483 e. The maximum Gasteiger partial charge on any atom is 0.309 e. The van der Waals surface area contributed by atoms with Crippen molar-refractivity contribution in [2.24, 2.45) is 17.3 Å². The molecule has 3 aliphatic rings. The fourth-order valence-corrected chi connectivity index (χ4v) is 6.98. The highest BCUT2D eigenvalue weighted by Gasteiger charge is 2.49. The van der Waals surface area contributed by atoms with Crippen molar-refractivity contribution in [2.75, 3.05) is 31.1 Å². The molecule has 0 bridgehead atoms. The van der Waals surface area contributed by atoms with E-state index < -0.39 is 11.4 Å². The monoisotopic (exact) mass is 569 g/mol. The molecule has 10 heteroatoms. The number of rotatable bonds is 7. The van der Waals surface area contributed by atoms with Crippen molar-refractivity contribution in [1.82, 2.24) is 19.9 Å². The maximum atomic E-state index is 11.5. The minimum atomic E-state index is -0.663. The Balaban J connectivity index is 1.14. The van der Waals surface area contributed by atoms with Gasteiger partial charge in [-0.3, -0.25) is 4.79 Å². The molecular weight excluding hydrogens is 537 g/mol. The Hall–Kier alpha value is -2.68. The minimum absolute atomic E-state index is 0.318. The Labute approximate surface area is 238 Å². The molecule has 39 heavy (non-hydrogen) atoms. The lowest BCUT2D eigenvalue weighted by molar-refractivity contribution is -0.158. The maximum absolute atomic E-state index is 11.5. The number of benzene rings is 1. The van der Waals surface area contributed by atoms with Crippen LogP contribution in [0.1, 0.15) is 51.2 Å². The lowest BCUT2D eigenvalue weighted by Gasteiger charge is -2.52. The first kappa shape index (κ1) is 26.5. The van der Waals surface area contributed by atoms with Gasteiger partial charge >= 0.3 is 5.97 Å². The zero-order chi connectivity index (χ0) is 27.3. The highest BCUT2D eigenvalue weighted by atomic mass is 35.5. The second kappa shape index (κ2) is 10.4. The van der Waals surface area contributed by atoms with Gasteiger partial charge in [0, 0.05) is 59.7 Å². The Morgan fingerprint density at radius 3 is 2.64 bits per heavy atom. The van der Waals surface area contributed by atoms with Crippen LogP contribution in [0.15, 0.2) is 36.7 Å². The summed E-state index contributed by atoms with van der Waals surface area (Å²) in [4.78, 5) is 30.1. The SMILES string of the molecule is C[C@@H](Oc1cc(N2CC([C@H]3CCCN(C4CC(C)(C(=O)O)C4)C3)C2)nc2nccnc12)c1ccc(Cl)cc1Cl. The van der Waals surface area contributed by atoms with Crippen molar-refractivity contribution in [3.8, 4) is 5.75 Å². The van der Waals surface area contributed by atoms with Crippen LogP contribution in [0.5, 0.6) is 5.75 Å². The normalized spacial score (nSPS) is 26.6. The number of anilines is 1. The Bertz CT molecular complexity index is 1390. The summed E-state index contributed by atoms with van der Waals surface area (Å²) in [6.07, 6.45) is 6.89. The molecule has 2 atom stereocenters. The lowest BCUT2D eigenvalue weighted by atomic mass is 9.65. The van der Waals surface area contributed by atoms with Gasteiger partial charge in [-0.1, -0.05) is 29.3 Å². The summed E-state index contributed by atoms with van der Waals surface area (Å²) in [5.74, 6) is 2.01. The third-order valence-corrected chi connectivity index (χ3v) is 9.45. The molecule has 8 nitrogen and oxygen atoms in total. The molecule has 0 amide bonds. The summed E-state index contributed by atoms with van der Waals surface area (Å²) >= 11 is 12.5. The number of likely N-dealkylation sites (tertiary alicyclic amines) is 1. The van der Waals surface area contributed by atoms with Gasteiger partial charge in [0.2, 0.25) is 0 Å². The first-order valence-electron chi connectivity index (χ1n) is 13.7. The number of carboxylic acids is 1. The van der Waals surface area contributed by atoms with E-state index in [1.165, 1.54) is 12.8 Å². The number of carboxylic acid groups (broad SMARTS) is 1. The second-order valence-electron chi connectivity index (χ2n) is 11.6. The molecule has 1 aromatic carbocycles. The van der Waals surface area contributed by atoms with Crippen molar-refractivity contribution < 1.29 is 14.6 Å². The second-order valence-corrected chi connectivity index (χ2v) is 12.5. The van der Waals surface area contributed by atoms with Crippen molar-refractivity contribution in [1.29, 1.82) is 0 Å². The first-order chi connectivity index (χ1) is 18.7. The van der Waals surface area contributed by atoms with Crippen molar-refractivity contribution >= 4 is 46.2 Å². The molecular formula is C29H33Cl2N5O3. The van der Waals surface area contributed by atoms with Gasteiger partial charge in [-0.05, 0) is 70.0 Å². The van der Waals surface area contributed by atoms with E-state index in [1.54, 1.807) is 24.5 Å². The average Bonchev–Trinajstić information content (AvgIpc) is 2.86. The Kier molecular flexibility index (Phi) is 7.06. The highest BCUT2D eigenvalue weighted by molar-refractivity contribution is 6.35. The number of aliphatic carboxylic acids is 1. The van der Waals surface area contributed by atoms with Gasteiger partial charge in [0.25, 0.3) is 0 Å². The van der Waals surface area contributed by atoms with Crippen LogP contribution in [0.3, 0.4) is 0 Å². The standard InChI is InChI=1S/C29H33Cl2N5O3/c1-17(22-6-5-20(30)10-23(22)31)39-24-11-25(34-27-26(24)32-7-8-33-27)36-15-19(16-36)18-4-3-9-35(14-18)21-12-29(2,13-21)28(37)38/h5-8,10-11,17-19,21H,3-4,9,12-16H2,1-2H3,(H,37,38)/t17-,18+,21?,29?/m1/s1. The molecule has 6 rings (SSSR count). The zero-order valence-corrected chi connectivity index (χ0v) is 23.7. The van der Waals surface area contributed by atoms with E-state index in [4.69, 9.17) is 32.9 Å². The topological polar surface area (TPSA) is 91.7 Å². The summed E-state index contributed by atoms with van der Waals surface area (Å²) < 4.78 is 6.38. The molecule has 3 fully saturated rings. The molecule has 4 heterocycles. The number of hydrogen-bond acceptors (Lipinski definition) is 7. The average molecular weight is 571 g/mol. The molecule has 2 aliphatic heterocycles. The van der Waals surface area contributed by atoms with Gasteiger partial charge in [-0.15, -0.1) is 0 Å². The molecule has 0 unspecified atom stereocenters.